The van der Waals surface area contributed by atoms with Gasteiger partial charge in [-0.15, -0.1) is 0 Å². The summed E-state index contributed by atoms with van der Waals surface area (Å²) in [5.41, 5.74) is -2.35. The number of carbonyl (C=O) groups is 4. The number of phenols is 2. The van der Waals surface area contributed by atoms with E-state index in [9.17, 15) is 29.4 Å². The monoisotopic (exact) mass is 695 g/mol. The van der Waals surface area contributed by atoms with Crippen LogP contribution in [0.5, 0.6) is 17.2 Å². The zero-order chi connectivity index (χ0) is 36.1. The first-order chi connectivity index (χ1) is 23.5. The van der Waals surface area contributed by atoms with Crippen LogP contribution in [0.1, 0.15) is 102 Å². The molecule has 4 saturated heterocycles. The number of nitrogens with one attached hydrogen (secondary N) is 1. The summed E-state index contributed by atoms with van der Waals surface area (Å²) in [4.78, 5) is 64.8. The Bertz CT molecular complexity index is 1760. The minimum absolute atomic E-state index is 0.0173. The molecule has 1 aromatic carbocycles. The molecule has 9 atom stereocenters. The molecule has 1 spiro atoms. The van der Waals surface area contributed by atoms with Gasteiger partial charge in [0.25, 0.3) is 0 Å². The van der Waals surface area contributed by atoms with Crippen LogP contribution in [0.4, 0.5) is 0 Å². The summed E-state index contributed by atoms with van der Waals surface area (Å²) >= 11 is 0. The maximum Gasteiger partial charge on any atom is 0.308 e. The molecular formula is C37H45NO12. The molecule has 2 bridgehead atoms. The number of rotatable bonds is 7. The lowest BCUT2D eigenvalue weighted by Gasteiger charge is -2.59. The first-order valence-electron chi connectivity index (χ1n) is 17.5. The summed E-state index contributed by atoms with van der Waals surface area (Å²) < 4.78 is 24.4. The summed E-state index contributed by atoms with van der Waals surface area (Å²) in [6.07, 6.45) is 3.49. The number of fused-ring (bicyclic) bond motifs is 5. The highest BCUT2D eigenvalue weighted by Crippen LogP contribution is 2.61. The van der Waals surface area contributed by atoms with Gasteiger partial charge >= 0.3 is 5.97 Å². The number of benzene rings is 1. The molecule has 5 fully saturated rings. The second kappa shape index (κ2) is 11.9. The van der Waals surface area contributed by atoms with Crippen molar-refractivity contribution in [3.05, 3.63) is 39.8 Å². The van der Waals surface area contributed by atoms with Gasteiger partial charge in [0.1, 0.15) is 34.0 Å². The van der Waals surface area contributed by atoms with Crippen molar-refractivity contribution in [1.82, 2.24) is 5.32 Å². The summed E-state index contributed by atoms with van der Waals surface area (Å²) in [5.74, 6) is -3.70. The first kappa shape index (κ1) is 34.7. The van der Waals surface area contributed by atoms with E-state index in [1.165, 1.54) is 26.8 Å². The standard InChI is InChI=1S/C37H45NO12/c1-16-10-11-22-17(2)33(47-34-37(22)21(16)12-13-35(6,48-34)49-50-37)46-25(41)9-8-14-38-19(4)26-23(40)15-24-36(7,32(26)44)28-30(43)18(3)29(42)27(20(5)39)31(28)45-24/h15-17,21-22,33-34,38,42-43H,8-14H2,1-7H3/b26-19+/t16-,17-,21?,22+,33-,34-,35+,36+,37-/m1/s1. The summed E-state index contributed by atoms with van der Waals surface area (Å²) in [6, 6.07) is 0. The maximum absolute atomic E-state index is 14.0. The van der Waals surface area contributed by atoms with Crippen LogP contribution in [0, 0.1) is 30.6 Å². The lowest BCUT2D eigenvalue weighted by atomic mass is 9.58. The van der Waals surface area contributed by atoms with E-state index in [2.05, 4.69) is 12.2 Å². The Morgan fingerprint density at radius 1 is 1.04 bits per heavy atom. The SMILES string of the molecule is CC(=O)c1c(O)c(C)c(O)c2c1OC1=CC(=O)/C(=C(/C)NCCCC(=O)O[C@@H]3O[C@@H]4O[C@]5(C)CCC6[C@H](C)CC[C@@H]([C@H]3C)[C@]64OO5)C(=O)[C@@]12C. The summed E-state index contributed by atoms with van der Waals surface area (Å²) in [6.45, 7) is 12.1. The van der Waals surface area contributed by atoms with Crippen LogP contribution in [0.25, 0.3) is 0 Å². The smallest absolute Gasteiger partial charge is 0.308 e. The number of carbonyl (C=O) groups excluding carboxylic acids is 4. The predicted molar refractivity (Wildman–Crippen MR) is 173 cm³/mol. The second-order valence-corrected chi connectivity index (χ2v) is 15.2. The molecule has 1 unspecified atom stereocenters. The number of Topliss-reactive ketones (excluding diaryl/α,β-unsaturated/α-hetero) is 2. The largest absolute Gasteiger partial charge is 0.507 e. The molecular weight excluding hydrogens is 650 g/mol. The fourth-order valence-corrected chi connectivity index (χ4v) is 9.15. The number of aromatic hydroxyl groups is 2. The topological polar surface area (TPSA) is 176 Å². The van der Waals surface area contributed by atoms with Crippen LogP contribution in [0.15, 0.2) is 23.1 Å². The van der Waals surface area contributed by atoms with Gasteiger partial charge in [-0.3, -0.25) is 19.2 Å². The number of ketones is 3. The van der Waals surface area contributed by atoms with Crippen molar-refractivity contribution >= 4 is 23.3 Å². The molecule has 13 heteroatoms. The third-order valence-corrected chi connectivity index (χ3v) is 12.1. The van der Waals surface area contributed by atoms with Gasteiger partial charge in [0.15, 0.2) is 29.2 Å². The normalized spacial score (nSPS) is 37.9. The molecule has 5 heterocycles. The van der Waals surface area contributed by atoms with E-state index in [-0.39, 0.29) is 70.2 Å². The van der Waals surface area contributed by atoms with Gasteiger partial charge in [0, 0.05) is 48.6 Å². The van der Waals surface area contributed by atoms with Crippen molar-refractivity contribution in [3.8, 4) is 17.2 Å². The molecule has 2 aliphatic carbocycles. The molecule has 1 saturated carbocycles. The van der Waals surface area contributed by atoms with Gasteiger partial charge in [0.2, 0.25) is 12.1 Å². The first-order valence-corrected chi connectivity index (χ1v) is 17.5. The fourth-order valence-electron chi connectivity index (χ4n) is 9.15. The van der Waals surface area contributed by atoms with Crippen molar-refractivity contribution in [3.63, 3.8) is 0 Å². The maximum atomic E-state index is 14.0. The van der Waals surface area contributed by atoms with E-state index < -0.39 is 64.2 Å². The lowest BCUT2D eigenvalue weighted by molar-refractivity contribution is -0.576. The Kier molecular flexibility index (Phi) is 8.25. The van der Waals surface area contributed by atoms with E-state index in [0.717, 1.165) is 19.3 Å². The molecule has 0 radical (unpaired) electrons. The quantitative estimate of drug-likeness (QED) is 0.0895. The highest BCUT2D eigenvalue weighted by atomic mass is 17.3. The molecule has 0 amide bonds. The Morgan fingerprint density at radius 2 is 1.78 bits per heavy atom. The fraction of sp³-hybridized carbons (Fsp3) is 0.622. The van der Waals surface area contributed by atoms with E-state index in [0.29, 0.717) is 18.8 Å². The zero-order valence-electron chi connectivity index (χ0n) is 29.5. The lowest BCUT2D eigenvalue weighted by Crippen LogP contribution is -2.70. The van der Waals surface area contributed by atoms with Crippen molar-refractivity contribution in [2.24, 2.45) is 23.7 Å². The van der Waals surface area contributed by atoms with Crippen molar-refractivity contribution in [1.29, 1.82) is 0 Å². The molecule has 270 valence electrons. The highest BCUT2D eigenvalue weighted by Gasteiger charge is 2.70. The van der Waals surface area contributed by atoms with Crippen LogP contribution in [-0.2, 0) is 43.8 Å². The molecule has 1 aromatic rings. The van der Waals surface area contributed by atoms with Crippen LogP contribution in [0.3, 0.4) is 0 Å². The Balaban J connectivity index is 1.02. The van der Waals surface area contributed by atoms with Gasteiger partial charge in [-0.1, -0.05) is 13.8 Å². The molecule has 7 aliphatic rings. The molecule has 8 rings (SSSR count). The minimum Gasteiger partial charge on any atom is -0.507 e. The molecule has 0 aromatic heterocycles. The van der Waals surface area contributed by atoms with Crippen LogP contribution in [-0.4, -0.2) is 64.0 Å². The van der Waals surface area contributed by atoms with Gasteiger partial charge in [-0.25, -0.2) is 9.78 Å². The van der Waals surface area contributed by atoms with E-state index in [1.807, 2.05) is 13.8 Å². The highest BCUT2D eigenvalue weighted by molar-refractivity contribution is 6.31. The second-order valence-electron chi connectivity index (χ2n) is 15.2. The van der Waals surface area contributed by atoms with Crippen molar-refractivity contribution < 1.29 is 58.1 Å². The number of esters is 1. The van der Waals surface area contributed by atoms with Crippen molar-refractivity contribution in [2.45, 2.75) is 116 Å². The van der Waals surface area contributed by atoms with E-state index in [4.69, 9.17) is 28.7 Å². The van der Waals surface area contributed by atoms with Gasteiger partial charge in [-0.2, -0.15) is 0 Å². The van der Waals surface area contributed by atoms with Crippen LogP contribution in [0.2, 0.25) is 0 Å². The summed E-state index contributed by atoms with van der Waals surface area (Å²) in [5, 5.41) is 24.7. The minimum atomic E-state index is -1.61. The van der Waals surface area contributed by atoms with E-state index in [1.54, 1.807) is 6.92 Å². The third kappa shape index (κ3) is 4.87. The number of hydrogen-bond acceptors (Lipinski definition) is 13. The number of phenolic OH excluding ortho intramolecular Hbond substituents is 2. The average molecular weight is 696 g/mol. The average Bonchev–Trinajstić information content (AvgIpc) is 3.16. The van der Waals surface area contributed by atoms with Gasteiger partial charge < -0.3 is 34.5 Å². The molecule has 50 heavy (non-hydrogen) atoms. The van der Waals surface area contributed by atoms with Crippen LogP contribution >= 0.6 is 0 Å². The molecule has 5 aliphatic heterocycles. The number of ether oxygens (including phenoxy) is 4. The number of allylic oxidation sites excluding steroid dienone is 4. The van der Waals surface area contributed by atoms with Crippen molar-refractivity contribution in [2.75, 3.05) is 6.54 Å². The third-order valence-electron chi connectivity index (χ3n) is 12.1. The summed E-state index contributed by atoms with van der Waals surface area (Å²) in [7, 11) is 0. The number of hydrogen-bond donors (Lipinski definition) is 3. The molecule has 13 nitrogen and oxygen atoms in total. The van der Waals surface area contributed by atoms with Crippen LogP contribution < -0.4 is 10.1 Å². The van der Waals surface area contributed by atoms with E-state index >= 15 is 0 Å². The zero-order valence-corrected chi connectivity index (χ0v) is 29.5. The predicted octanol–water partition coefficient (Wildman–Crippen LogP) is 4.69. The Labute approximate surface area is 290 Å². The Morgan fingerprint density at radius 3 is 2.50 bits per heavy atom. The molecule has 3 N–H and O–H groups in total. The van der Waals surface area contributed by atoms with Gasteiger partial charge in [-0.05, 0) is 72.1 Å². The van der Waals surface area contributed by atoms with Gasteiger partial charge in [0.05, 0.1) is 11.1 Å². The Hall–Kier alpha value is -3.78.